The highest BCUT2D eigenvalue weighted by Gasteiger charge is 2.02. The van der Waals surface area contributed by atoms with Gasteiger partial charge < -0.3 is 0 Å². The summed E-state index contributed by atoms with van der Waals surface area (Å²) in [5.74, 6) is 0. The number of rotatable bonds is 5. The second-order valence-electron chi connectivity index (χ2n) is 3.94. The number of nitrogens with zero attached hydrogens (tertiary/aromatic N) is 3. The molecule has 0 radical (unpaired) electrons. The second-order valence-corrected chi connectivity index (χ2v) is 3.94. The molecule has 0 amide bonds. The molecular weight excluding hydrogens is 278 g/mol. The first-order valence-corrected chi connectivity index (χ1v) is 5.85. The third kappa shape index (κ3) is 3.97. The molecule has 4 heteroatoms. The molecule has 0 atom stereocenters. The van der Waals surface area contributed by atoms with E-state index in [0.717, 1.165) is 17.8 Å². The molecule has 1 aromatic heterocycles. The van der Waals surface area contributed by atoms with Gasteiger partial charge in [-0.1, -0.05) is 55.3 Å². The molecule has 2 rings (SSSR count). The molecule has 0 aliphatic heterocycles. The summed E-state index contributed by atoms with van der Waals surface area (Å²) in [6, 6.07) is 10.2. The van der Waals surface area contributed by atoms with Gasteiger partial charge in [-0.25, -0.2) is 0 Å². The van der Waals surface area contributed by atoms with Gasteiger partial charge >= 0.3 is 0 Å². The van der Waals surface area contributed by atoms with Crippen molar-refractivity contribution in [2.45, 2.75) is 32.7 Å². The minimum atomic E-state index is 0. The molecule has 0 aliphatic rings. The van der Waals surface area contributed by atoms with Crippen LogP contribution in [0.4, 0.5) is 0 Å². The van der Waals surface area contributed by atoms with Gasteiger partial charge in [-0.15, -0.1) is 22.1 Å². The molecule has 0 saturated carbocycles. The Labute approximate surface area is 113 Å². The van der Waals surface area contributed by atoms with Crippen LogP contribution in [0.2, 0.25) is 0 Å². The van der Waals surface area contributed by atoms with Gasteiger partial charge in [0.2, 0.25) is 0 Å². The van der Waals surface area contributed by atoms with E-state index in [1.165, 1.54) is 19.3 Å². The van der Waals surface area contributed by atoms with E-state index < -0.39 is 0 Å². The van der Waals surface area contributed by atoms with Gasteiger partial charge in [-0.3, -0.25) is 4.68 Å². The molecule has 0 spiro atoms. The number of unbranched alkanes of at least 4 members (excludes halogenated alkanes) is 2. The van der Waals surface area contributed by atoms with Gasteiger partial charge in [0, 0.05) is 12.1 Å². The van der Waals surface area contributed by atoms with E-state index in [1.807, 2.05) is 29.1 Å². The Bertz CT molecular complexity index is 425. The van der Waals surface area contributed by atoms with Crippen LogP contribution in [0.25, 0.3) is 11.3 Å². The van der Waals surface area contributed by atoms with E-state index in [9.17, 15) is 0 Å². The average molecular weight is 296 g/mol. The summed E-state index contributed by atoms with van der Waals surface area (Å²) < 4.78 is 1.93. The van der Waals surface area contributed by atoms with Crippen LogP contribution >= 0.6 is 17.0 Å². The van der Waals surface area contributed by atoms with Gasteiger partial charge in [0.25, 0.3) is 0 Å². The largest absolute Gasteiger partial charge is 0.252 e. The molecule has 0 bridgehead atoms. The first-order chi connectivity index (χ1) is 7.90. The summed E-state index contributed by atoms with van der Waals surface area (Å²) in [6.45, 7) is 3.17. The number of benzene rings is 1. The highest BCUT2D eigenvalue weighted by molar-refractivity contribution is 8.93. The van der Waals surface area contributed by atoms with Crippen molar-refractivity contribution in [3.8, 4) is 11.3 Å². The summed E-state index contributed by atoms with van der Waals surface area (Å²) in [6.07, 6.45) is 5.68. The van der Waals surface area contributed by atoms with E-state index in [1.54, 1.807) is 0 Å². The molecule has 1 heterocycles. The normalized spacial score (nSPS) is 9.94. The van der Waals surface area contributed by atoms with Crippen LogP contribution in [0.15, 0.2) is 36.5 Å². The van der Waals surface area contributed by atoms with Crippen LogP contribution < -0.4 is 0 Å². The van der Waals surface area contributed by atoms with Gasteiger partial charge in [-0.2, -0.15) is 0 Å². The number of aryl methyl sites for hydroxylation is 1. The fourth-order valence-corrected chi connectivity index (χ4v) is 1.67. The number of aromatic nitrogens is 3. The Morgan fingerprint density at radius 3 is 2.59 bits per heavy atom. The third-order valence-corrected chi connectivity index (χ3v) is 2.60. The van der Waals surface area contributed by atoms with Crippen molar-refractivity contribution in [3.05, 3.63) is 36.5 Å². The monoisotopic (exact) mass is 295 g/mol. The number of hydrogen-bond acceptors (Lipinski definition) is 2. The zero-order chi connectivity index (χ0) is 11.2. The fraction of sp³-hybridized carbons (Fsp3) is 0.385. The van der Waals surface area contributed by atoms with E-state index in [-0.39, 0.29) is 17.0 Å². The molecule has 0 unspecified atom stereocenters. The maximum Gasteiger partial charge on any atom is 0.113 e. The molecule has 2 aromatic rings. The first-order valence-electron chi connectivity index (χ1n) is 5.85. The van der Waals surface area contributed by atoms with Gasteiger partial charge in [0.05, 0.1) is 6.20 Å². The van der Waals surface area contributed by atoms with Gasteiger partial charge in [0.15, 0.2) is 0 Å². The Hall–Kier alpha value is -1.16. The topological polar surface area (TPSA) is 30.7 Å². The fourth-order valence-electron chi connectivity index (χ4n) is 1.67. The lowest BCUT2D eigenvalue weighted by Gasteiger charge is -1.97. The quantitative estimate of drug-likeness (QED) is 0.787. The molecule has 92 valence electrons. The minimum Gasteiger partial charge on any atom is -0.252 e. The Morgan fingerprint density at radius 2 is 1.88 bits per heavy atom. The van der Waals surface area contributed by atoms with Crippen molar-refractivity contribution >= 4 is 17.0 Å². The number of halogens is 1. The minimum absolute atomic E-state index is 0. The predicted octanol–water partition coefficient (Wildman–Crippen LogP) is 3.71. The predicted molar refractivity (Wildman–Crippen MR) is 75.3 cm³/mol. The Morgan fingerprint density at radius 1 is 1.12 bits per heavy atom. The summed E-state index contributed by atoms with van der Waals surface area (Å²) in [5, 5.41) is 8.31. The molecule has 0 fully saturated rings. The molecule has 0 aliphatic carbocycles. The third-order valence-electron chi connectivity index (χ3n) is 2.60. The van der Waals surface area contributed by atoms with Gasteiger partial charge in [0.1, 0.15) is 5.69 Å². The summed E-state index contributed by atoms with van der Waals surface area (Å²) in [7, 11) is 0. The van der Waals surface area contributed by atoms with Crippen LogP contribution in [0.5, 0.6) is 0 Å². The van der Waals surface area contributed by atoms with Crippen LogP contribution in [-0.4, -0.2) is 15.0 Å². The van der Waals surface area contributed by atoms with E-state index in [2.05, 4.69) is 29.4 Å². The molecule has 17 heavy (non-hydrogen) atoms. The zero-order valence-corrected chi connectivity index (χ0v) is 11.8. The summed E-state index contributed by atoms with van der Waals surface area (Å²) >= 11 is 0. The van der Waals surface area contributed by atoms with Crippen molar-refractivity contribution in [1.29, 1.82) is 0 Å². The SMILES string of the molecule is Br.CCCCCn1cc(-c2ccccc2)nn1. The number of hydrogen-bond donors (Lipinski definition) is 0. The molecule has 0 saturated heterocycles. The lowest BCUT2D eigenvalue weighted by atomic mass is 10.2. The van der Waals surface area contributed by atoms with Crippen molar-refractivity contribution in [3.63, 3.8) is 0 Å². The molecular formula is C13H18BrN3. The molecule has 3 nitrogen and oxygen atoms in total. The van der Waals surface area contributed by atoms with E-state index in [4.69, 9.17) is 0 Å². The highest BCUT2D eigenvalue weighted by Crippen LogP contribution is 2.14. The summed E-state index contributed by atoms with van der Waals surface area (Å²) in [4.78, 5) is 0. The summed E-state index contributed by atoms with van der Waals surface area (Å²) in [5.41, 5.74) is 2.08. The lowest BCUT2D eigenvalue weighted by molar-refractivity contribution is 0.537. The van der Waals surface area contributed by atoms with Crippen molar-refractivity contribution < 1.29 is 0 Å². The van der Waals surface area contributed by atoms with Gasteiger partial charge in [-0.05, 0) is 6.42 Å². The maximum atomic E-state index is 4.18. The molecule has 1 aromatic carbocycles. The Balaban J connectivity index is 0.00000144. The smallest absolute Gasteiger partial charge is 0.113 e. The van der Waals surface area contributed by atoms with Crippen LogP contribution in [-0.2, 0) is 6.54 Å². The van der Waals surface area contributed by atoms with E-state index in [0.29, 0.717) is 0 Å². The first kappa shape index (κ1) is 13.9. The van der Waals surface area contributed by atoms with Crippen molar-refractivity contribution in [2.24, 2.45) is 0 Å². The Kier molecular flexibility index (Phi) is 5.91. The zero-order valence-electron chi connectivity index (χ0n) is 10.0. The van der Waals surface area contributed by atoms with Crippen molar-refractivity contribution in [1.82, 2.24) is 15.0 Å². The van der Waals surface area contributed by atoms with Crippen LogP contribution in [0, 0.1) is 0 Å². The van der Waals surface area contributed by atoms with E-state index >= 15 is 0 Å². The maximum absolute atomic E-state index is 4.18. The second kappa shape index (κ2) is 7.22. The van der Waals surface area contributed by atoms with Crippen LogP contribution in [0.1, 0.15) is 26.2 Å². The average Bonchev–Trinajstić information content (AvgIpc) is 2.79. The lowest BCUT2D eigenvalue weighted by Crippen LogP contribution is -1.98. The standard InChI is InChI=1S/C13H17N3.BrH/c1-2-3-7-10-16-11-13(14-15-16)12-8-5-4-6-9-12;/h4-6,8-9,11H,2-3,7,10H2,1H3;1H. The van der Waals surface area contributed by atoms with Crippen molar-refractivity contribution in [2.75, 3.05) is 0 Å². The van der Waals surface area contributed by atoms with Crippen LogP contribution in [0.3, 0.4) is 0 Å². The molecule has 0 N–H and O–H groups in total. The highest BCUT2D eigenvalue weighted by atomic mass is 79.9.